The van der Waals surface area contributed by atoms with Crippen molar-refractivity contribution >= 4 is 34.3 Å². The number of nitro groups is 1. The number of aryl methyl sites for hydroxylation is 2. The normalized spacial score (nSPS) is 20.3. The summed E-state index contributed by atoms with van der Waals surface area (Å²) in [5.41, 5.74) is 2.67. The van der Waals surface area contributed by atoms with E-state index in [1.54, 1.807) is 46.1 Å². The summed E-state index contributed by atoms with van der Waals surface area (Å²) in [6.45, 7) is 10.3. The number of anilines is 1. The molecule has 2 aliphatic heterocycles. The van der Waals surface area contributed by atoms with Crippen LogP contribution in [0, 0.1) is 28.8 Å². The lowest BCUT2D eigenvalue weighted by Gasteiger charge is -2.36. The van der Waals surface area contributed by atoms with Gasteiger partial charge in [0.25, 0.3) is 5.69 Å². The van der Waals surface area contributed by atoms with E-state index in [9.17, 15) is 19.7 Å². The van der Waals surface area contributed by atoms with Gasteiger partial charge < -0.3 is 29.2 Å². The van der Waals surface area contributed by atoms with Crippen LogP contribution in [0.2, 0.25) is 0 Å². The molecule has 46 heavy (non-hydrogen) atoms. The monoisotopic (exact) mass is 637 g/mol. The Morgan fingerprint density at radius 1 is 1.11 bits per heavy atom. The molecule has 2 aromatic carbocycles. The number of nitrogens with zero attached hydrogens (tertiary/aromatic N) is 4. The van der Waals surface area contributed by atoms with Crippen LogP contribution in [0.1, 0.15) is 57.2 Å². The summed E-state index contributed by atoms with van der Waals surface area (Å²) < 4.78 is 28.1. The lowest BCUT2D eigenvalue weighted by atomic mass is 9.90. The van der Waals surface area contributed by atoms with Crippen LogP contribution < -0.4 is 10.2 Å². The van der Waals surface area contributed by atoms with E-state index in [-0.39, 0.29) is 23.3 Å². The van der Waals surface area contributed by atoms with Gasteiger partial charge in [-0.15, -0.1) is 0 Å². The highest BCUT2D eigenvalue weighted by Crippen LogP contribution is 2.37. The van der Waals surface area contributed by atoms with Crippen molar-refractivity contribution in [2.75, 3.05) is 44.8 Å². The maximum Gasteiger partial charge on any atom is 0.407 e. The van der Waals surface area contributed by atoms with Crippen LogP contribution in [0.4, 0.5) is 20.6 Å². The van der Waals surface area contributed by atoms with Crippen molar-refractivity contribution in [3.05, 3.63) is 69.7 Å². The molecule has 2 amide bonds. The molecule has 0 spiro atoms. The number of para-hydroxylation sites is 1. The highest BCUT2D eigenvalue weighted by Gasteiger charge is 2.42. The third-order valence-electron chi connectivity index (χ3n) is 8.95. The Kier molecular flexibility index (Phi) is 9.85. The van der Waals surface area contributed by atoms with Crippen LogP contribution in [0.25, 0.3) is 10.9 Å². The summed E-state index contributed by atoms with van der Waals surface area (Å²) in [5, 5.41) is 15.0. The fourth-order valence-corrected chi connectivity index (χ4v) is 6.97. The Balaban J connectivity index is 1.41. The second-order valence-electron chi connectivity index (χ2n) is 13.3. The molecule has 5 rings (SSSR count). The first-order valence-corrected chi connectivity index (χ1v) is 15.9. The molecule has 2 aliphatic rings. The van der Waals surface area contributed by atoms with Crippen LogP contribution in [-0.4, -0.2) is 77.9 Å². The summed E-state index contributed by atoms with van der Waals surface area (Å²) in [6, 6.07) is 10.8. The molecule has 11 nitrogen and oxygen atoms in total. The Labute approximate surface area is 268 Å². The fraction of sp³-hybridized carbons (Fsp3) is 0.529. The van der Waals surface area contributed by atoms with Crippen molar-refractivity contribution in [2.45, 2.75) is 71.1 Å². The molecule has 2 saturated heterocycles. The molecule has 0 saturated carbocycles. The van der Waals surface area contributed by atoms with Crippen molar-refractivity contribution in [2.24, 2.45) is 5.92 Å². The number of benzene rings is 2. The van der Waals surface area contributed by atoms with E-state index in [2.05, 4.69) is 9.88 Å². The van der Waals surface area contributed by atoms with E-state index in [0.717, 1.165) is 41.6 Å². The van der Waals surface area contributed by atoms with Gasteiger partial charge in [-0.1, -0.05) is 12.1 Å². The van der Waals surface area contributed by atoms with Crippen molar-refractivity contribution in [1.29, 1.82) is 0 Å². The molecular weight excluding hydrogens is 593 g/mol. The summed E-state index contributed by atoms with van der Waals surface area (Å²) in [6.07, 6.45) is 1.79. The molecule has 3 atom stereocenters. The number of ether oxygens (including phenoxy) is 2. The van der Waals surface area contributed by atoms with E-state index in [4.69, 9.17) is 9.47 Å². The SMILES string of the molecule is COCCCn1c(C2CCCN(C(=O)[C@@H]3CN(c4ccc([N+](=O)[O-])cc4)C[C@H]3NC(=O)OC(C)(C)C)C2)c(C)c2cccc(F)c21. The van der Waals surface area contributed by atoms with Crippen molar-refractivity contribution < 1.29 is 28.4 Å². The van der Waals surface area contributed by atoms with Crippen LogP contribution in [-0.2, 0) is 20.8 Å². The molecule has 0 aliphatic carbocycles. The largest absolute Gasteiger partial charge is 0.444 e. The highest BCUT2D eigenvalue weighted by atomic mass is 19.1. The number of hydrogen-bond donors (Lipinski definition) is 1. The van der Waals surface area contributed by atoms with E-state index < -0.39 is 28.6 Å². The number of likely N-dealkylation sites (tertiary alicyclic amines) is 1. The third-order valence-corrected chi connectivity index (χ3v) is 8.95. The topological polar surface area (TPSA) is 119 Å². The van der Waals surface area contributed by atoms with Crippen LogP contribution in [0.5, 0.6) is 0 Å². The molecule has 0 radical (unpaired) electrons. The molecule has 3 aromatic rings. The summed E-state index contributed by atoms with van der Waals surface area (Å²) in [4.78, 5) is 41.8. The van der Waals surface area contributed by atoms with Crippen molar-refractivity contribution in [3.8, 4) is 0 Å². The molecule has 3 heterocycles. The number of fused-ring (bicyclic) bond motifs is 1. The lowest BCUT2D eigenvalue weighted by Crippen LogP contribution is -2.50. The number of alkyl carbamates (subject to hydrolysis) is 1. The standard InChI is InChI=1S/C34H44FN5O6/c1-22-26-10-6-11-28(35)31(26)39(17-8-18-45-5)30(22)23-9-7-16-37(19-23)32(41)27-20-38(24-12-14-25(15-13-24)40(43)44)21-29(27)36-33(42)46-34(2,3)4/h6,10-15,23,27,29H,7-9,16-21H2,1-5H3,(H,36,42)/t23?,27-,29-/m1/s1. The average Bonchev–Trinajstić information content (AvgIpc) is 3.55. The third kappa shape index (κ3) is 7.11. The number of carbonyl (C=O) groups excluding carboxylic acids is 2. The number of carbonyl (C=O) groups is 2. The van der Waals surface area contributed by atoms with Gasteiger partial charge in [0.05, 0.1) is 22.4 Å². The van der Waals surface area contributed by atoms with Gasteiger partial charge >= 0.3 is 6.09 Å². The Morgan fingerprint density at radius 3 is 2.52 bits per heavy atom. The zero-order valence-electron chi connectivity index (χ0n) is 27.3. The van der Waals surface area contributed by atoms with Gasteiger partial charge in [-0.05, 0) is 70.7 Å². The van der Waals surface area contributed by atoms with Gasteiger partial charge in [-0.2, -0.15) is 0 Å². The zero-order valence-corrected chi connectivity index (χ0v) is 27.3. The second-order valence-corrected chi connectivity index (χ2v) is 13.3. The number of methoxy groups -OCH3 is 1. The van der Waals surface area contributed by atoms with Crippen LogP contribution in [0.15, 0.2) is 42.5 Å². The van der Waals surface area contributed by atoms with E-state index in [1.165, 1.54) is 18.2 Å². The number of amides is 2. The molecular formula is C34H44FN5O6. The second kappa shape index (κ2) is 13.7. The molecule has 2 fully saturated rings. The van der Waals surface area contributed by atoms with Crippen molar-refractivity contribution in [3.63, 3.8) is 0 Å². The van der Waals surface area contributed by atoms with Gasteiger partial charge in [0, 0.05) is 81.3 Å². The number of non-ortho nitro benzene ring substituents is 1. The summed E-state index contributed by atoms with van der Waals surface area (Å²) in [5.74, 6) is -0.883. The number of hydrogen-bond acceptors (Lipinski definition) is 7. The lowest BCUT2D eigenvalue weighted by molar-refractivity contribution is -0.384. The number of nitro benzene ring substituents is 1. The average molecular weight is 638 g/mol. The van der Waals surface area contributed by atoms with Crippen LogP contribution >= 0.6 is 0 Å². The Hall–Kier alpha value is -4.19. The first-order valence-electron chi connectivity index (χ1n) is 15.9. The molecule has 1 aromatic heterocycles. The van der Waals surface area contributed by atoms with Gasteiger partial charge in [0.15, 0.2) is 0 Å². The molecule has 248 valence electrons. The Bertz CT molecular complexity index is 1580. The maximum atomic E-state index is 15.2. The molecule has 1 N–H and O–H groups in total. The van der Waals surface area contributed by atoms with Crippen LogP contribution in [0.3, 0.4) is 0 Å². The van der Waals surface area contributed by atoms with Crippen molar-refractivity contribution in [1.82, 2.24) is 14.8 Å². The Morgan fingerprint density at radius 2 is 1.85 bits per heavy atom. The maximum absolute atomic E-state index is 15.2. The molecule has 12 heteroatoms. The van der Waals surface area contributed by atoms with Gasteiger partial charge in [0.2, 0.25) is 5.91 Å². The quantitative estimate of drug-likeness (QED) is 0.180. The van der Waals surface area contributed by atoms with Gasteiger partial charge in [-0.25, -0.2) is 9.18 Å². The van der Waals surface area contributed by atoms with E-state index in [0.29, 0.717) is 44.8 Å². The predicted molar refractivity (Wildman–Crippen MR) is 174 cm³/mol. The van der Waals surface area contributed by atoms with Gasteiger partial charge in [0.1, 0.15) is 11.4 Å². The van der Waals surface area contributed by atoms with Gasteiger partial charge in [-0.3, -0.25) is 14.9 Å². The number of nitrogens with one attached hydrogen (secondary N) is 1. The summed E-state index contributed by atoms with van der Waals surface area (Å²) in [7, 11) is 1.65. The molecule has 1 unspecified atom stereocenters. The van der Waals surface area contributed by atoms with E-state index in [1.807, 2.05) is 22.8 Å². The number of aromatic nitrogens is 1. The summed E-state index contributed by atoms with van der Waals surface area (Å²) >= 11 is 0. The molecule has 0 bridgehead atoms. The minimum absolute atomic E-state index is 0.0106. The minimum atomic E-state index is -0.709. The highest BCUT2D eigenvalue weighted by molar-refractivity contribution is 5.86. The zero-order chi connectivity index (χ0) is 33.2. The first kappa shape index (κ1) is 33.2. The number of halogens is 1. The minimum Gasteiger partial charge on any atom is -0.444 e. The smallest absolute Gasteiger partial charge is 0.407 e. The number of rotatable bonds is 9. The number of piperidine rings is 1. The fourth-order valence-electron chi connectivity index (χ4n) is 6.97. The van der Waals surface area contributed by atoms with E-state index >= 15 is 4.39 Å². The first-order chi connectivity index (χ1) is 21.9. The predicted octanol–water partition coefficient (Wildman–Crippen LogP) is 5.77.